The van der Waals surface area contributed by atoms with Crippen molar-refractivity contribution in [1.82, 2.24) is 4.90 Å². The van der Waals surface area contributed by atoms with E-state index in [1.165, 1.54) is 6.20 Å². The van der Waals surface area contributed by atoms with Crippen molar-refractivity contribution < 1.29 is 0 Å². The summed E-state index contributed by atoms with van der Waals surface area (Å²) in [5, 5.41) is 0. The fourth-order valence-corrected chi connectivity index (χ4v) is 1.28. The predicted molar refractivity (Wildman–Crippen MR) is 56.8 cm³/mol. The van der Waals surface area contributed by atoms with Crippen molar-refractivity contribution in [3.8, 4) is 0 Å². The second-order valence-electron chi connectivity index (χ2n) is 3.10. The standard InChI is InChI=1S/C10H10N4/c1-8-7-11-3-4-13-10-9(8)12-5-6-14(10)2/h3,5H,6H2,1-2H3. The van der Waals surface area contributed by atoms with E-state index >= 15 is 0 Å². The van der Waals surface area contributed by atoms with Crippen LogP contribution in [0, 0.1) is 0 Å². The fraction of sp³-hybridized carbons (Fsp3) is 0.300. The first-order valence-corrected chi connectivity index (χ1v) is 4.34. The molecule has 0 radical (unpaired) electrons. The van der Waals surface area contributed by atoms with Crippen molar-refractivity contribution in [3.63, 3.8) is 0 Å². The van der Waals surface area contributed by atoms with Gasteiger partial charge in [0.05, 0.1) is 12.7 Å². The van der Waals surface area contributed by atoms with Crippen molar-refractivity contribution in [2.24, 2.45) is 15.0 Å². The fourth-order valence-electron chi connectivity index (χ4n) is 1.28. The Morgan fingerprint density at radius 1 is 1.50 bits per heavy atom. The Hall–Kier alpha value is -1.89. The summed E-state index contributed by atoms with van der Waals surface area (Å²) >= 11 is 0. The highest BCUT2D eigenvalue weighted by atomic mass is 15.2. The second-order valence-corrected chi connectivity index (χ2v) is 3.10. The third-order valence-electron chi connectivity index (χ3n) is 2.03. The third-order valence-corrected chi connectivity index (χ3v) is 2.03. The number of nitrogens with zero attached hydrogens (tertiary/aromatic N) is 4. The summed E-state index contributed by atoms with van der Waals surface area (Å²) in [6.07, 6.45) is 3.35. The molecule has 70 valence electrons. The molecule has 0 aliphatic carbocycles. The Morgan fingerprint density at radius 2 is 2.36 bits per heavy atom. The minimum absolute atomic E-state index is 0.772. The molecule has 2 aliphatic rings. The number of hydrogen-bond acceptors (Lipinski definition) is 4. The van der Waals surface area contributed by atoms with Gasteiger partial charge in [-0.25, -0.2) is 4.99 Å². The Kier molecular flexibility index (Phi) is 2.15. The van der Waals surface area contributed by atoms with Crippen molar-refractivity contribution in [1.29, 1.82) is 0 Å². The van der Waals surface area contributed by atoms with Gasteiger partial charge in [-0.05, 0) is 12.8 Å². The first kappa shape index (κ1) is 8.70. The van der Waals surface area contributed by atoms with E-state index in [0.29, 0.717) is 0 Å². The van der Waals surface area contributed by atoms with Crippen molar-refractivity contribution >= 4 is 18.0 Å². The molecular weight excluding hydrogens is 176 g/mol. The maximum Gasteiger partial charge on any atom is 0.165 e. The van der Waals surface area contributed by atoms with Gasteiger partial charge in [0.1, 0.15) is 5.70 Å². The zero-order valence-corrected chi connectivity index (χ0v) is 8.15. The molecule has 4 nitrogen and oxygen atoms in total. The number of rotatable bonds is 0. The number of allylic oxidation sites excluding steroid dienone is 1. The van der Waals surface area contributed by atoms with E-state index < -0.39 is 0 Å². The van der Waals surface area contributed by atoms with E-state index in [0.717, 1.165) is 23.6 Å². The SMILES string of the molecule is CC1=C=NC=C=NC2=C1N=CCN2C. The lowest BCUT2D eigenvalue weighted by molar-refractivity contribution is 0.464. The Balaban J connectivity index is 2.63. The van der Waals surface area contributed by atoms with Crippen molar-refractivity contribution in [2.75, 3.05) is 13.6 Å². The average Bonchev–Trinajstić information content (AvgIpc) is 2.16. The van der Waals surface area contributed by atoms with Crippen LogP contribution < -0.4 is 0 Å². The van der Waals surface area contributed by atoms with E-state index in [2.05, 4.69) is 26.7 Å². The minimum atomic E-state index is 0.772. The number of aliphatic imine (C=N–C) groups is 3. The maximum absolute atomic E-state index is 4.29. The quantitative estimate of drug-likeness (QED) is 0.556. The van der Waals surface area contributed by atoms with Crippen LogP contribution in [0.1, 0.15) is 6.92 Å². The number of hydrogen-bond donors (Lipinski definition) is 0. The predicted octanol–water partition coefficient (Wildman–Crippen LogP) is 0.985. The molecule has 14 heavy (non-hydrogen) atoms. The minimum Gasteiger partial charge on any atom is -0.352 e. The second kappa shape index (κ2) is 3.46. The summed E-state index contributed by atoms with van der Waals surface area (Å²) in [6, 6.07) is 0. The lowest BCUT2D eigenvalue weighted by atomic mass is 10.2. The van der Waals surface area contributed by atoms with Crippen LogP contribution in [0.15, 0.2) is 38.3 Å². The van der Waals surface area contributed by atoms with Crippen LogP contribution >= 0.6 is 0 Å². The lowest BCUT2D eigenvalue weighted by Gasteiger charge is -2.22. The summed E-state index contributed by atoms with van der Waals surface area (Å²) in [5.74, 6) is 6.41. The van der Waals surface area contributed by atoms with Gasteiger partial charge in [-0.1, -0.05) is 0 Å². The van der Waals surface area contributed by atoms with Gasteiger partial charge in [0.2, 0.25) is 0 Å². The first-order valence-electron chi connectivity index (χ1n) is 4.34. The third kappa shape index (κ3) is 1.44. The van der Waals surface area contributed by atoms with Gasteiger partial charge in [-0.3, -0.25) is 4.99 Å². The van der Waals surface area contributed by atoms with Crippen LogP contribution in [0.5, 0.6) is 0 Å². The van der Waals surface area contributed by atoms with Gasteiger partial charge < -0.3 is 4.90 Å². The smallest absolute Gasteiger partial charge is 0.165 e. The molecule has 2 heterocycles. The van der Waals surface area contributed by atoms with E-state index in [9.17, 15) is 0 Å². The highest BCUT2D eigenvalue weighted by molar-refractivity contribution is 5.73. The van der Waals surface area contributed by atoms with E-state index in [4.69, 9.17) is 0 Å². The van der Waals surface area contributed by atoms with Crippen LogP contribution in [0.4, 0.5) is 0 Å². The summed E-state index contributed by atoms with van der Waals surface area (Å²) in [4.78, 5) is 14.4. The van der Waals surface area contributed by atoms with Gasteiger partial charge in [-0.15, -0.1) is 0 Å². The lowest BCUT2D eigenvalue weighted by Crippen LogP contribution is -2.24. The molecule has 0 amide bonds. The van der Waals surface area contributed by atoms with E-state index in [1.54, 1.807) is 0 Å². The van der Waals surface area contributed by atoms with Gasteiger partial charge in [0.25, 0.3) is 0 Å². The molecule has 0 atom stereocenters. The van der Waals surface area contributed by atoms with E-state index in [1.807, 2.05) is 25.1 Å². The van der Waals surface area contributed by atoms with Gasteiger partial charge in [-0.2, -0.15) is 4.99 Å². The largest absolute Gasteiger partial charge is 0.352 e. The summed E-state index contributed by atoms with van der Waals surface area (Å²) < 4.78 is 0. The molecule has 0 bridgehead atoms. The topological polar surface area (TPSA) is 40.3 Å². The van der Waals surface area contributed by atoms with Crippen LogP contribution in [0.3, 0.4) is 0 Å². The van der Waals surface area contributed by atoms with Gasteiger partial charge in [0, 0.05) is 24.7 Å². The monoisotopic (exact) mass is 186 g/mol. The Labute approximate surface area is 82.4 Å². The molecule has 0 N–H and O–H groups in total. The molecule has 4 heteroatoms. The highest BCUT2D eigenvalue weighted by Gasteiger charge is 2.15. The van der Waals surface area contributed by atoms with E-state index in [-0.39, 0.29) is 0 Å². The van der Waals surface area contributed by atoms with Crippen LogP contribution in [-0.4, -0.2) is 36.4 Å². The maximum atomic E-state index is 4.29. The molecule has 0 unspecified atom stereocenters. The Morgan fingerprint density at radius 3 is 3.21 bits per heavy atom. The molecule has 0 saturated heterocycles. The van der Waals surface area contributed by atoms with Crippen molar-refractivity contribution in [3.05, 3.63) is 23.3 Å². The molecule has 0 aromatic carbocycles. The Bertz CT molecular complexity index is 441. The van der Waals surface area contributed by atoms with Gasteiger partial charge in [0.15, 0.2) is 5.82 Å². The molecule has 0 fully saturated rings. The summed E-state index contributed by atoms with van der Waals surface area (Å²) in [6.45, 7) is 2.69. The molecule has 2 rings (SSSR count). The average molecular weight is 186 g/mol. The zero-order valence-electron chi connectivity index (χ0n) is 8.15. The van der Waals surface area contributed by atoms with Crippen LogP contribution in [-0.2, 0) is 0 Å². The molecule has 0 aromatic rings. The summed E-state index contributed by atoms with van der Waals surface area (Å²) in [5.41, 5.74) is 1.72. The molecule has 2 aliphatic heterocycles. The van der Waals surface area contributed by atoms with Crippen molar-refractivity contribution in [2.45, 2.75) is 6.92 Å². The van der Waals surface area contributed by atoms with Crippen LogP contribution in [0.25, 0.3) is 0 Å². The molecule has 0 spiro atoms. The zero-order chi connectivity index (χ0) is 9.97. The van der Waals surface area contributed by atoms with Crippen LogP contribution in [0.2, 0.25) is 0 Å². The molecule has 0 saturated carbocycles. The first-order chi connectivity index (χ1) is 6.79. The highest BCUT2D eigenvalue weighted by Crippen LogP contribution is 2.20. The summed E-state index contributed by atoms with van der Waals surface area (Å²) in [7, 11) is 1.97. The molecular formula is C10H10N4. The normalized spacial score (nSPS) is 19.3. The van der Waals surface area contributed by atoms with Gasteiger partial charge >= 0.3 is 0 Å². The molecule has 0 aromatic heterocycles.